The van der Waals surface area contributed by atoms with Gasteiger partial charge in [0.15, 0.2) is 5.79 Å². The Morgan fingerprint density at radius 2 is 1.72 bits per heavy atom. The van der Waals surface area contributed by atoms with Gasteiger partial charge < -0.3 is 21.9 Å². The zero-order chi connectivity index (χ0) is 17.1. The van der Waals surface area contributed by atoms with Crippen molar-refractivity contribution in [3.8, 4) is 0 Å². The summed E-state index contributed by atoms with van der Waals surface area (Å²) in [5.41, 5.74) is 2.43. The van der Waals surface area contributed by atoms with Crippen LogP contribution in [0, 0.1) is 5.41 Å². The Kier molecular flexibility index (Phi) is 4.46. The second kappa shape index (κ2) is 6.08. The molecule has 0 saturated carbocycles. The zero-order valence-corrected chi connectivity index (χ0v) is 16.2. The maximum atomic E-state index is 6.42. The summed E-state index contributed by atoms with van der Waals surface area (Å²) in [4.78, 5) is 0. The van der Waals surface area contributed by atoms with Gasteiger partial charge in [0, 0.05) is 18.3 Å². The van der Waals surface area contributed by atoms with Crippen LogP contribution in [0.3, 0.4) is 0 Å². The van der Waals surface area contributed by atoms with Crippen LogP contribution in [0.5, 0.6) is 0 Å². The van der Waals surface area contributed by atoms with Gasteiger partial charge in [0.05, 0.1) is 12.5 Å². The van der Waals surface area contributed by atoms with Gasteiger partial charge >= 0.3 is 0 Å². The van der Waals surface area contributed by atoms with Gasteiger partial charge in [-0.05, 0) is 25.0 Å². The maximum Gasteiger partial charge on any atom is 0.265 e. The summed E-state index contributed by atoms with van der Waals surface area (Å²) >= 11 is 0. The molecule has 2 aromatic rings. The van der Waals surface area contributed by atoms with E-state index in [1.54, 1.807) is 0 Å². The lowest BCUT2D eigenvalue weighted by Crippen LogP contribution is -3.00. The minimum atomic E-state index is -0.691. The van der Waals surface area contributed by atoms with Gasteiger partial charge in [-0.1, -0.05) is 38.1 Å². The number of halogens is 1. The molecule has 0 fully saturated rings. The van der Waals surface area contributed by atoms with E-state index in [0.717, 1.165) is 5.82 Å². The number of rotatable bonds is 4. The molecule has 0 amide bonds. The molecule has 6 heteroatoms. The van der Waals surface area contributed by atoms with Crippen LogP contribution in [0.2, 0.25) is 0 Å². The lowest BCUT2D eigenvalue weighted by atomic mass is 9.58. The fraction of sp³-hybridized carbons (Fsp3) is 0.579. The monoisotopic (exact) mass is 363 g/mol. The molecule has 2 atom stereocenters. The van der Waals surface area contributed by atoms with Crippen molar-refractivity contribution >= 4 is 0 Å². The minimum Gasteiger partial charge on any atom is -1.00 e. The van der Waals surface area contributed by atoms with Gasteiger partial charge in [-0.3, -0.25) is 0 Å². The molecule has 1 aromatic carbocycles. The number of aromatic nitrogens is 3. The van der Waals surface area contributed by atoms with Crippen LogP contribution in [0.25, 0.3) is 0 Å². The van der Waals surface area contributed by atoms with Crippen molar-refractivity contribution in [3.05, 3.63) is 47.5 Å². The van der Waals surface area contributed by atoms with Gasteiger partial charge in [-0.15, -0.1) is 4.68 Å². The van der Waals surface area contributed by atoms with Gasteiger partial charge in [-0.2, -0.15) is 0 Å². The first-order valence-electron chi connectivity index (χ1n) is 8.79. The second-order valence-electron chi connectivity index (χ2n) is 7.24. The Hall–Kier alpha value is -1.43. The van der Waals surface area contributed by atoms with E-state index in [9.17, 15) is 0 Å². The Morgan fingerprint density at radius 3 is 2.32 bits per heavy atom. The van der Waals surface area contributed by atoms with Gasteiger partial charge in [0.1, 0.15) is 12.0 Å². The van der Waals surface area contributed by atoms with E-state index in [2.05, 4.69) is 47.8 Å². The molecule has 0 saturated heterocycles. The molecule has 25 heavy (non-hydrogen) atoms. The molecule has 136 valence electrons. The van der Waals surface area contributed by atoms with E-state index in [0.29, 0.717) is 13.2 Å². The first-order chi connectivity index (χ1) is 11.5. The first-order valence-corrected chi connectivity index (χ1v) is 8.79. The molecule has 0 spiro atoms. The molecule has 2 bridgehead atoms. The number of hydrogen-bond donors (Lipinski definition) is 0. The smallest absolute Gasteiger partial charge is 0.265 e. The highest BCUT2D eigenvalue weighted by atomic mass is 35.5. The third-order valence-electron chi connectivity index (χ3n) is 5.76. The van der Waals surface area contributed by atoms with Crippen molar-refractivity contribution in [2.75, 3.05) is 13.2 Å². The summed E-state index contributed by atoms with van der Waals surface area (Å²) in [5, 5.41) is 4.54. The Morgan fingerprint density at radius 1 is 1.12 bits per heavy atom. The zero-order valence-electron chi connectivity index (χ0n) is 15.5. The quantitative estimate of drug-likeness (QED) is 0.546. The molecule has 2 aliphatic heterocycles. The standard InChI is InChI=1S/C19H26N3O2.ClH/c1-6-23-19(24-7-2)15-13-10-8-9-11-14(13)16(18(19,3)4)22-12-20-21(5)17(15)22;/h8-12,15-16H,6-7H2,1-5H3;1H/q+1;/p-1. The molecule has 2 unspecified atom stereocenters. The minimum absolute atomic E-state index is 0. The van der Waals surface area contributed by atoms with E-state index < -0.39 is 5.79 Å². The molecule has 0 N–H and O–H groups in total. The molecule has 5 nitrogen and oxygen atoms in total. The number of nitrogens with zero attached hydrogens (tertiary/aromatic N) is 3. The number of fused-ring (bicyclic) bond motifs is 1. The first kappa shape index (κ1) is 18.4. The molecular weight excluding hydrogens is 338 g/mol. The van der Waals surface area contributed by atoms with Crippen molar-refractivity contribution in [2.24, 2.45) is 12.5 Å². The Bertz CT molecular complexity index is 781. The van der Waals surface area contributed by atoms with Crippen LogP contribution < -0.4 is 17.0 Å². The van der Waals surface area contributed by atoms with Gasteiger partial charge in [-0.25, -0.2) is 4.57 Å². The second-order valence-corrected chi connectivity index (χ2v) is 7.24. The fourth-order valence-corrected chi connectivity index (χ4v) is 4.95. The molecule has 3 heterocycles. The molecule has 1 aliphatic carbocycles. The normalized spacial score (nSPS) is 24.4. The summed E-state index contributed by atoms with van der Waals surface area (Å²) in [6, 6.07) is 8.82. The Labute approximate surface area is 155 Å². The predicted molar refractivity (Wildman–Crippen MR) is 89.6 cm³/mol. The highest BCUT2D eigenvalue weighted by molar-refractivity contribution is 5.44. The predicted octanol–water partition coefficient (Wildman–Crippen LogP) is -0.445. The van der Waals surface area contributed by atoms with E-state index in [4.69, 9.17) is 9.47 Å². The SMILES string of the molecule is CCOC1(OCC)C2c3ccccc3C([n+]3cnn(C)c32)C1(C)C.[Cl-]. The van der Waals surface area contributed by atoms with Crippen LogP contribution in [-0.4, -0.2) is 28.8 Å². The number of ether oxygens (including phenoxy) is 2. The van der Waals surface area contributed by atoms with Crippen molar-refractivity contribution in [2.45, 2.75) is 45.4 Å². The van der Waals surface area contributed by atoms with E-state index >= 15 is 0 Å². The third-order valence-corrected chi connectivity index (χ3v) is 5.76. The highest BCUT2D eigenvalue weighted by Crippen LogP contribution is 2.61. The number of aryl methyl sites for hydroxylation is 1. The third kappa shape index (κ3) is 2.09. The summed E-state index contributed by atoms with van der Waals surface area (Å²) in [5.74, 6) is 0.463. The van der Waals surface area contributed by atoms with E-state index in [1.807, 2.05) is 31.9 Å². The van der Waals surface area contributed by atoms with E-state index in [-0.39, 0.29) is 29.8 Å². The molecular formula is C19H26ClN3O2. The van der Waals surface area contributed by atoms with Crippen LogP contribution in [0.1, 0.15) is 56.6 Å². The summed E-state index contributed by atoms with van der Waals surface area (Å²) in [6.07, 6.45) is 1.95. The van der Waals surface area contributed by atoms with E-state index in [1.165, 1.54) is 11.1 Å². The number of benzene rings is 1. The molecule has 0 radical (unpaired) electrons. The number of hydrogen-bond acceptors (Lipinski definition) is 3. The fourth-order valence-electron chi connectivity index (χ4n) is 4.95. The largest absolute Gasteiger partial charge is 1.00 e. The lowest BCUT2D eigenvalue weighted by Gasteiger charge is -2.58. The highest BCUT2D eigenvalue weighted by Gasteiger charge is 2.69. The molecule has 1 aromatic heterocycles. The van der Waals surface area contributed by atoms with Crippen molar-refractivity contribution < 1.29 is 26.4 Å². The van der Waals surface area contributed by atoms with Crippen LogP contribution in [-0.2, 0) is 16.5 Å². The van der Waals surface area contributed by atoms with Gasteiger partial charge in [0.2, 0.25) is 5.82 Å². The molecule has 3 aliphatic rings. The summed E-state index contributed by atoms with van der Waals surface area (Å²) in [6.45, 7) is 9.84. The average Bonchev–Trinajstić information content (AvgIpc) is 2.93. The Balaban J connectivity index is 0.00000182. The van der Waals surface area contributed by atoms with Crippen molar-refractivity contribution in [3.63, 3.8) is 0 Å². The lowest BCUT2D eigenvalue weighted by molar-refractivity contribution is -0.756. The maximum absolute atomic E-state index is 6.42. The topological polar surface area (TPSA) is 40.2 Å². The van der Waals surface area contributed by atoms with Crippen LogP contribution >= 0.6 is 0 Å². The average molecular weight is 364 g/mol. The summed E-state index contributed by atoms with van der Waals surface area (Å²) < 4.78 is 17.1. The van der Waals surface area contributed by atoms with Crippen LogP contribution in [0.15, 0.2) is 30.6 Å². The van der Waals surface area contributed by atoms with Crippen LogP contribution in [0.4, 0.5) is 0 Å². The van der Waals surface area contributed by atoms with Gasteiger partial charge in [0.25, 0.3) is 6.33 Å². The van der Waals surface area contributed by atoms with Crippen molar-refractivity contribution in [1.82, 2.24) is 9.78 Å². The molecule has 5 rings (SSSR count). The summed E-state index contributed by atoms with van der Waals surface area (Å²) in [7, 11) is 2.00. The van der Waals surface area contributed by atoms with Crippen molar-refractivity contribution in [1.29, 1.82) is 0 Å².